The van der Waals surface area contributed by atoms with Crippen molar-refractivity contribution in [1.29, 1.82) is 0 Å². The van der Waals surface area contributed by atoms with Crippen LogP contribution in [0.1, 0.15) is 26.2 Å². The van der Waals surface area contributed by atoms with Crippen molar-refractivity contribution in [2.75, 3.05) is 25.4 Å². The SMILES string of the molecule is CCCNCCS(=O)(=O)NCCCC(F)(F)F. The Morgan fingerprint density at radius 3 is 2.29 bits per heavy atom. The zero-order chi connectivity index (χ0) is 13.4. The lowest BCUT2D eigenvalue weighted by Gasteiger charge is -2.08. The van der Waals surface area contributed by atoms with E-state index in [9.17, 15) is 21.6 Å². The Balaban J connectivity index is 3.65. The molecule has 0 saturated carbocycles. The third-order valence-electron chi connectivity index (χ3n) is 1.93. The van der Waals surface area contributed by atoms with E-state index in [2.05, 4.69) is 10.0 Å². The van der Waals surface area contributed by atoms with Gasteiger partial charge < -0.3 is 5.32 Å². The van der Waals surface area contributed by atoms with Gasteiger partial charge in [-0.15, -0.1) is 0 Å². The average molecular weight is 276 g/mol. The summed E-state index contributed by atoms with van der Waals surface area (Å²) in [6, 6.07) is 0. The van der Waals surface area contributed by atoms with E-state index in [1.165, 1.54) is 0 Å². The van der Waals surface area contributed by atoms with E-state index >= 15 is 0 Å². The van der Waals surface area contributed by atoms with E-state index in [1.54, 1.807) is 0 Å². The van der Waals surface area contributed by atoms with Crippen molar-refractivity contribution in [3.63, 3.8) is 0 Å². The third-order valence-corrected chi connectivity index (χ3v) is 3.32. The highest BCUT2D eigenvalue weighted by Crippen LogP contribution is 2.20. The second-order valence-electron chi connectivity index (χ2n) is 3.68. The van der Waals surface area contributed by atoms with Gasteiger partial charge in [0.2, 0.25) is 10.0 Å². The minimum absolute atomic E-state index is 0.112. The van der Waals surface area contributed by atoms with Crippen LogP contribution in [0.15, 0.2) is 0 Å². The Hall–Kier alpha value is -0.340. The highest BCUT2D eigenvalue weighted by Gasteiger charge is 2.26. The molecule has 0 spiro atoms. The monoisotopic (exact) mass is 276 g/mol. The number of hydrogen-bond donors (Lipinski definition) is 2. The fourth-order valence-corrected chi connectivity index (χ4v) is 2.11. The van der Waals surface area contributed by atoms with Gasteiger partial charge in [-0.05, 0) is 19.4 Å². The normalized spacial score (nSPS) is 12.9. The van der Waals surface area contributed by atoms with E-state index in [4.69, 9.17) is 0 Å². The van der Waals surface area contributed by atoms with Crippen molar-refractivity contribution in [2.24, 2.45) is 0 Å². The standard InChI is InChI=1S/C9H19F3N2O2S/c1-2-5-13-7-8-17(15,16)14-6-3-4-9(10,11)12/h13-14H,2-8H2,1H3. The zero-order valence-electron chi connectivity index (χ0n) is 9.81. The predicted molar refractivity (Wildman–Crippen MR) is 60.2 cm³/mol. The van der Waals surface area contributed by atoms with Crippen LogP contribution < -0.4 is 10.0 Å². The highest BCUT2D eigenvalue weighted by atomic mass is 32.2. The molecule has 0 fully saturated rings. The van der Waals surface area contributed by atoms with E-state index in [0.29, 0.717) is 6.54 Å². The fraction of sp³-hybridized carbons (Fsp3) is 1.00. The van der Waals surface area contributed by atoms with Crippen LogP contribution in [0.4, 0.5) is 13.2 Å². The molecular formula is C9H19F3N2O2S. The molecule has 4 nitrogen and oxygen atoms in total. The number of halogens is 3. The Kier molecular flexibility index (Phi) is 7.73. The van der Waals surface area contributed by atoms with Gasteiger partial charge in [0.15, 0.2) is 0 Å². The molecule has 0 radical (unpaired) electrons. The molecule has 2 N–H and O–H groups in total. The molecule has 0 unspecified atom stereocenters. The quantitative estimate of drug-likeness (QED) is 0.623. The summed E-state index contributed by atoms with van der Waals surface area (Å²) >= 11 is 0. The second-order valence-corrected chi connectivity index (χ2v) is 5.61. The van der Waals surface area contributed by atoms with Gasteiger partial charge in [-0.1, -0.05) is 6.92 Å². The van der Waals surface area contributed by atoms with Crippen molar-refractivity contribution < 1.29 is 21.6 Å². The van der Waals surface area contributed by atoms with Gasteiger partial charge in [-0.25, -0.2) is 13.1 Å². The van der Waals surface area contributed by atoms with Crippen molar-refractivity contribution in [3.8, 4) is 0 Å². The smallest absolute Gasteiger partial charge is 0.316 e. The lowest BCUT2D eigenvalue weighted by molar-refractivity contribution is -0.135. The molecule has 0 amide bonds. The van der Waals surface area contributed by atoms with E-state index < -0.39 is 22.6 Å². The number of alkyl halides is 3. The van der Waals surface area contributed by atoms with E-state index in [1.807, 2.05) is 6.92 Å². The molecule has 0 heterocycles. The van der Waals surface area contributed by atoms with E-state index in [0.717, 1.165) is 13.0 Å². The first kappa shape index (κ1) is 16.7. The molecule has 17 heavy (non-hydrogen) atoms. The lowest BCUT2D eigenvalue weighted by Crippen LogP contribution is -2.33. The van der Waals surface area contributed by atoms with Crippen molar-refractivity contribution in [3.05, 3.63) is 0 Å². The van der Waals surface area contributed by atoms with Gasteiger partial charge in [0.1, 0.15) is 0 Å². The maximum atomic E-state index is 11.8. The third kappa shape index (κ3) is 11.9. The van der Waals surface area contributed by atoms with Gasteiger partial charge in [0.05, 0.1) is 5.75 Å². The van der Waals surface area contributed by atoms with Gasteiger partial charge in [0, 0.05) is 19.5 Å². The Morgan fingerprint density at radius 2 is 1.76 bits per heavy atom. The van der Waals surface area contributed by atoms with Crippen LogP contribution >= 0.6 is 0 Å². The molecule has 0 atom stereocenters. The zero-order valence-corrected chi connectivity index (χ0v) is 10.6. The van der Waals surface area contributed by atoms with E-state index in [-0.39, 0.29) is 18.7 Å². The molecule has 0 aliphatic rings. The number of sulfonamides is 1. The summed E-state index contributed by atoms with van der Waals surface area (Å²) in [6.45, 7) is 2.82. The molecule has 0 rings (SSSR count). The van der Waals surface area contributed by atoms with Crippen LogP contribution in [0.5, 0.6) is 0 Å². The first-order chi connectivity index (χ1) is 7.77. The lowest BCUT2D eigenvalue weighted by atomic mass is 10.3. The molecular weight excluding hydrogens is 257 g/mol. The Bertz CT molecular complexity index is 291. The Morgan fingerprint density at radius 1 is 1.12 bits per heavy atom. The van der Waals surface area contributed by atoms with Gasteiger partial charge in [0.25, 0.3) is 0 Å². The van der Waals surface area contributed by atoms with Gasteiger partial charge in [-0.3, -0.25) is 0 Å². The molecule has 104 valence electrons. The number of hydrogen-bond acceptors (Lipinski definition) is 3. The largest absolute Gasteiger partial charge is 0.389 e. The Labute approximate surface area is 100 Å². The maximum Gasteiger partial charge on any atom is 0.389 e. The maximum absolute atomic E-state index is 11.8. The van der Waals surface area contributed by atoms with Crippen LogP contribution in [0.2, 0.25) is 0 Å². The summed E-state index contributed by atoms with van der Waals surface area (Å²) < 4.78 is 60.0. The van der Waals surface area contributed by atoms with Crippen molar-refractivity contribution in [2.45, 2.75) is 32.4 Å². The van der Waals surface area contributed by atoms with Crippen LogP contribution in [0, 0.1) is 0 Å². The molecule has 0 saturated heterocycles. The van der Waals surface area contributed by atoms with Crippen LogP contribution in [-0.2, 0) is 10.0 Å². The number of rotatable bonds is 9. The second kappa shape index (κ2) is 7.88. The molecule has 0 aromatic carbocycles. The molecule has 0 aromatic rings. The molecule has 0 aromatic heterocycles. The van der Waals surface area contributed by atoms with Crippen molar-refractivity contribution in [1.82, 2.24) is 10.0 Å². The fourth-order valence-electron chi connectivity index (χ4n) is 1.10. The summed E-state index contributed by atoms with van der Waals surface area (Å²) in [6.07, 6.45) is -4.53. The predicted octanol–water partition coefficient (Wildman–Crippen LogP) is 1.25. The minimum Gasteiger partial charge on any atom is -0.316 e. The summed E-state index contributed by atoms with van der Waals surface area (Å²) in [7, 11) is -3.46. The average Bonchev–Trinajstić information content (AvgIpc) is 2.18. The summed E-state index contributed by atoms with van der Waals surface area (Å²) in [5.74, 6) is -0.112. The van der Waals surface area contributed by atoms with Gasteiger partial charge in [-0.2, -0.15) is 13.2 Å². The first-order valence-corrected chi connectivity index (χ1v) is 7.17. The van der Waals surface area contributed by atoms with Crippen LogP contribution in [-0.4, -0.2) is 40.0 Å². The summed E-state index contributed by atoms with van der Waals surface area (Å²) in [4.78, 5) is 0. The molecule has 8 heteroatoms. The molecule has 0 aliphatic heterocycles. The first-order valence-electron chi connectivity index (χ1n) is 5.51. The number of nitrogens with one attached hydrogen (secondary N) is 2. The molecule has 0 aliphatic carbocycles. The summed E-state index contributed by atoms with van der Waals surface area (Å²) in [5.41, 5.74) is 0. The summed E-state index contributed by atoms with van der Waals surface area (Å²) in [5, 5.41) is 2.91. The highest BCUT2D eigenvalue weighted by molar-refractivity contribution is 7.89. The van der Waals surface area contributed by atoms with Crippen LogP contribution in [0.25, 0.3) is 0 Å². The minimum atomic E-state index is -4.23. The van der Waals surface area contributed by atoms with Gasteiger partial charge >= 0.3 is 6.18 Å². The van der Waals surface area contributed by atoms with Crippen molar-refractivity contribution >= 4 is 10.0 Å². The van der Waals surface area contributed by atoms with Crippen LogP contribution in [0.3, 0.4) is 0 Å². The topological polar surface area (TPSA) is 58.2 Å². The molecule has 0 bridgehead atoms.